The monoisotopic (exact) mass is 823 g/mol. The van der Waals surface area contributed by atoms with E-state index >= 15 is 0 Å². The summed E-state index contributed by atoms with van der Waals surface area (Å²) in [5.41, 5.74) is 7.67. The third-order valence-electron chi connectivity index (χ3n) is 12.9. The van der Waals surface area contributed by atoms with Gasteiger partial charge in [-0.2, -0.15) is 0 Å². The first-order chi connectivity index (χ1) is 31.3. The number of nitrogens with zero attached hydrogens (tertiary/aromatic N) is 5. The van der Waals surface area contributed by atoms with Crippen molar-refractivity contribution in [3.05, 3.63) is 225 Å². The molecule has 63 heavy (non-hydrogen) atoms. The summed E-state index contributed by atoms with van der Waals surface area (Å²) in [4.78, 5) is 12.3. The molecule has 5 heterocycles. The molecule has 6 nitrogen and oxygen atoms in total. The van der Waals surface area contributed by atoms with E-state index < -0.39 is 8.07 Å². The predicted molar refractivity (Wildman–Crippen MR) is 261 cm³/mol. The molecule has 0 radical (unpaired) electrons. The van der Waals surface area contributed by atoms with Gasteiger partial charge in [-0.25, -0.2) is 9.97 Å². The molecule has 296 valence electrons. The van der Waals surface area contributed by atoms with Crippen molar-refractivity contribution in [3.8, 4) is 17.3 Å². The van der Waals surface area contributed by atoms with Gasteiger partial charge in [0.1, 0.15) is 23.0 Å². The van der Waals surface area contributed by atoms with E-state index in [9.17, 15) is 0 Å². The first-order valence-electron chi connectivity index (χ1n) is 21.3. The molecule has 4 aromatic heterocycles. The van der Waals surface area contributed by atoms with Gasteiger partial charge in [0.25, 0.3) is 0 Å². The maximum Gasteiger partial charge on any atom is 0.186 e. The number of ether oxygens (including phenoxy) is 1. The van der Waals surface area contributed by atoms with E-state index in [4.69, 9.17) is 14.7 Å². The van der Waals surface area contributed by atoms with Gasteiger partial charge in [-0.1, -0.05) is 127 Å². The zero-order valence-corrected chi connectivity index (χ0v) is 35.0. The maximum absolute atomic E-state index is 6.86. The number of rotatable bonds is 6. The van der Waals surface area contributed by atoms with Crippen molar-refractivity contribution in [3.63, 3.8) is 0 Å². The van der Waals surface area contributed by atoms with E-state index in [-0.39, 0.29) is 0 Å². The second-order valence-electron chi connectivity index (χ2n) is 16.2. The van der Waals surface area contributed by atoms with Crippen LogP contribution in [-0.2, 0) is 0 Å². The number of aromatic nitrogens is 4. The van der Waals surface area contributed by atoms with Crippen molar-refractivity contribution in [2.45, 2.75) is 0 Å². The molecule has 0 unspecified atom stereocenters. The SMILES string of the molecule is c1ccc(N2c3ccccc3[Si](c3ccccc3)(c3ccccc3)c3c2ccc2c4ccc(Oc5ccc6c7ccccc7n7ccnc7c6c5)cc4n(-c4ccccn4)c32)cc1. The lowest BCUT2D eigenvalue weighted by atomic mass is 10.1. The van der Waals surface area contributed by atoms with Gasteiger partial charge in [0.15, 0.2) is 8.07 Å². The van der Waals surface area contributed by atoms with E-state index in [1.165, 1.54) is 31.8 Å². The van der Waals surface area contributed by atoms with Crippen LogP contribution >= 0.6 is 0 Å². The highest BCUT2D eigenvalue weighted by atomic mass is 28.3. The number of fused-ring (bicyclic) bond motifs is 12. The minimum atomic E-state index is -3.11. The van der Waals surface area contributed by atoms with Crippen LogP contribution in [0.5, 0.6) is 11.5 Å². The van der Waals surface area contributed by atoms with Gasteiger partial charge >= 0.3 is 0 Å². The van der Waals surface area contributed by atoms with Crippen molar-refractivity contribution in [2.75, 3.05) is 4.90 Å². The average Bonchev–Trinajstić information content (AvgIpc) is 3.98. The Labute approximate surface area is 364 Å². The summed E-state index contributed by atoms with van der Waals surface area (Å²) in [6.45, 7) is 0. The molecule has 0 amide bonds. The highest BCUT2D eigenvalue weighted by molar-refractivity contribution is 7.22. The number of para-hydroxylation sites is 3. The van der Waals surface area contributed by atoms with E-state index in [1.54, 1.807) is 0 Å². The molecule has 0 atom stereocenters. The molecule has 7 heteroatoms. The van der Waals surface area contributed by atoms with Crippen LogP contribution in [0.3, 0.4) is 0 Å². The van der Waals surface area contributed by atoms with Crippen molar-refractivity contribution in [1.29, 1.82) is 0 Å². The third-order valence-corrected chi connectivity index (χ3v) is 17.8. The molecule has 1 aliphatic rings. The van der Waals surface area contributed by atoms with Crippen LogP contribution < -0.4 is 30.4 Å². The molecular formula is C56H37N5OSi. The van der Waals surface area contributed by atoms with Crippen LogP contribution in [0, 0.1) is 0 Å². The second-order valence-corrected chi connectivity index (χ2v) is 19.9. The molecule has 8 aromatic carbocycles. The number of anilines is 3. The van der Waals surface area contributed by atoms with E-state index in [2.05, 4.69) is 214 Å². The Bertz CT molecular complexity index is 3680. The van der Waals surface area contributed by atoms with Gasteiger partial charge in [-0.05, 0) is 93.7 Å². The van der Waals surface area contributed by atoms with E-state index in [1.807, 2.05) is 24.7 Å². The number of hydrogen-bond acceptors (Lipinski definition) is 4. The molecule has 0 N–H and O–H groups in total. The molecule has 12 aromatic rings. The Balaban J connectivity index is 1.12. The van der Waals surface area contributed by atoms with Crippen molar-refractivity contribution < 1.29 is 4.74 Å². The van der Waals surface area contributed by atoms with Crippen LogP contribution in [0.25, 0.3) is 54.9 Å². The fourth-order valence-corrected chi connectivity index (χ4v) is 15.7. The van der Waals surface area contributed by atoms with Crippen molar-refractivity contribution in [1.82, 2.24) is 18.9 Å². The summed E-state index contributed by atoms with van der Waals surface area (Å²) in [6.07, 6.45) is 5.78. The van der Waals surface area contributed by atoms with Crippen LogP contribution in [0.2, 0.25) is 0 Å². The summed E-state index contributed by atoms with van der Waals surface area (Å²) < 4.78 is 11.4. The van der Waals surface area contributed by atoms with Crippen LogP contribution in [-0.4, -0.2) is 27.0 Å². The largest absolute Gasteiger partial charge is 0.457 e. The topological polar surface area (TPSA) is 47.6 Å². The third kappa shape index (κ3) is 5.17. The summed E-state index contributed by atoms with van der Waals surface area (Å²) >= 11 is 0. The highest BCUT2D eigenvalue weighted by Gasteiger charge is 2.50. The quantitative estimate of drug-likeness (QED) is 0.124. The lowest BCUT2D eigenvalue weighted by Crippen LogP contribution is -2.77. The van der Waals surface area contributed by atoms with E-state index in [0.717, 1.165) is 72.4 Å². The smallest absolute Gasteiger partial charge is 0.186 e. The maximum atomic E-state index is 6.86. The Morgan fingerprint density at radius 2 is 1.10 bits per heavy atom. The van der Waals surface area contributed by atoms with Crippen LogP contribution in [0.1, 0.15) is 0 Å². The van der Waals surface area contributed by atoms with Crippen molar-refractivity contribution >= 4 is 95.0 Å². The number of pyridine rings is 2. The first kappa shape index (κ1) is 35.5. The molecule has 13 rings (SSSR count). The Morgan fingerprint density at radius 3 is 1.87 bits per heavy atom. The van der Waals surface area contributed by atoms with Crippen molar-refractivity contribution in [2.24, 2.45) is 0 Å². The Kier molecular flexibility index (Phi) is 7.82. The molecule has 0 saturated carbocycles. The number of imidazole rings is 1. The Hall–Kier alpha value is -8.26. The summed E-state index contributed by atoms with van der Waals surface area (Å²) in [7, 11) is -3.11. The van der Waals surface area contributed by atoms with Crippen LogP contribution in [0.15, 0.2) is 225 Å². The summed E-state index contributed by atoms with van der Waals surface area (Å²) in [5, 5.41) is 10.9. The average molecular weight is 824 g/mol. The summed E-state index contributed by atoms with van der Waals surface area (Å²) in [5.74, 6) is 2.33. The normalized spacial score (nSPS) is 13.2. The number of hydrogen-bond donors (Lipinski definition) is 0. The van der Waals surface area contributed by atoms with Gasteiger partial charge in [0, 0.05) is 68.5 Å². The zero-order chi connectivity index (χ0) is 41.5. The lowest BCUT2D eigenvalue weighted by Gasteiger charge is -2.45. The molecule has 1 aliphatic heterocycles. The molecule has 0 saturated heterocycles. The standard InChI is InChI=1S/C56H37N5OSi/c1-4-16-38(17-5-1)60-49-24-12-13-25-52(49)63(41-18-6-2-7-19-41,42-20-8-3-9-21-42)55-50(60)32-31-46-45-30-28-40(37-51(45)61(54(46)55)53-26-14-15-33-57-53)62-39-27-29-43-44-22-10-11-23-48(44)59-35-34-58-56(59)47(43)36-39/h1-37H. The molecule has 0 bridgehead atoms. The molecule has 0 aliphatic carbocycles. The summed E-state index contributed by atoms with van der Waals surface area (Å²) in [6, 6.07) is 74.5. The van der Waals surface area contributed by atoms with Gasteiger partial charge in [0.2, 0.25) is 0 Å². The van der Waals surface area contributed by atoms with Gasteiger partial charge in [-0.15, -0.1) is 0 Å². The number of benzene rings is 8. The van der Waals surface area contributed by atoms with Gasteiger partial charge in [0.05, 0.1) is 16.6 Å². The van der Waals surface area contributed by atoms with Crippen LogP contribution in [0.4, 0.5) is 17.1 Å². The fourth-order valence-electron chi connectivity index (χ4n) is 10.4. The van der Waals surface area contributed by atoms with E-state index in [0.29, 0.717) is 0 Å². The molecule has 0 spiro atoms. The minimum absolute atomic E-state index is 0.738. The van der Waals surface area contributed by atoms with Gasteiger partial charge in [-0.3, -0.25) is 8.97 Å². The molecular weight excluding hydrogens is 787 g/mol. The Morgan fingerprint density at radius 1 is 0.444 bits per heavy atom. The second kappa shape index (κ2) is 13.9. The first-order valence-corrected chi connectivity index (χ1v) is 23.3. The zero-order valence-electron chi connectivity index (χ0n) is 34.0. The minimum Gasteiger partial charge on any atom is -0.457 e. The highest BCUT2D eigenvalue weighted by Crippen LogP contribution is 2.43. The van der Waals surface area contributed by atoms with Gasteiger partial charge < -0.3 is 9.64 Å². The molecule has 0 fully saturated rings. The predicted octanol–water partition coefficient (Wildman–Crippen LogP) is 11.1. The fraction of sp³-hybridized carbons (Fsp3) is 0. The lowest BCUT2D eigenvalue weighted by molar-refractivity contribution is 0.484.